The smallest absolute Gasteiger partial charge is 0.273 e. The largest absolute Gasteiger partial charge is 0.497 e. The molecule has 0 bridgehead atoms. The lowest BCUT2D eigenvalue weighted by molar-refractivity contribution is -0.384. The van der Waals surface area contributed by atoms with Gasteiger partial charge in [0.15, 0.2) is 6.61 Å². The summed E-state index contributed by atoms with van der Waals surface area (Å²) in [6, 6.07) is 10.6. The van der Waals surface area contributed by atoms with E-state index >= 15 is 0 Å². The summed E-state index contributed by atoms with van der Waals surface area (Å²) in [5, 5.41) is 13.6. The van der Waals surface area contributed by atoms with E-state index in [2.05, 4.69) is 5.32 Å². The molecule has 8 nitrogen and oxygen atoms in total. The van der Waals surface area contributed by atoms with Crippen molar-refractivity contribution in [3.05, 3.63) is 58.1 Å². The van der Waals surface area contributed by atoms with Crippen LogP contribution in [-0.4, -0.2) is 31.7 Å². The van der Waals surface area contributed by atoms with Gasteiger partial charge in [0.1, 0.15) is 17.2 Å². The van der Waals surface area contributed by atoms with Crippen molar-refractivity contribution in [3.63, 3.8) is 0 Å². The van der Waals surface area contributed by atoms with E-state index in [0.717, 1.165) is 5.56 Å². The summed E-state index contributed by atoms with van der Waals surface area (Å²) >= 11 is 0. The summed E-state index contributed by atoms with van der Waals surface area (Å²) in [6.45, 7) is 1.54. The van der Waals surface area contributed by atoms with Gasteiger partial charge in [-0.25, -0.2) is 0 Å². The lowest BCUT2D eigenvalue weighted by Crippen LogP contribution is -2.31. The number of benzene rings is 2. The summed E-state index contributed by atoms with van der Waals surface area (Å²) in [7, 11) is 3.10. The summed E-state index contributed by atoms with van der Waals surface area (Å²) in [5.74, 6) is 1.16. The third kappa shape index (κ3) is 4.85. The van der Waals surface area contributed by atoms with Crippen LogP contribution in [0.5, 0.6) is 17.2 Å². The molecule has 0 aliphatic heterocycles. The van der Waals surface area contributed by atoms with Crippen molar-refractivity contribution in [2.24, 2.45) is 0 Å². The van der Waals surface area contributed by atoms with Gasteiger partial charge in [0.05, 0.1) is 31.3 Å². The molecule has 0 spiro atoms. The molecule has 26 heavy (non-hydrogen) atoms. The van der Waals surface area contributed by atoms with E-state index in [-0.39, 0.29) is 30.0 Å². The summed E-state index contributed by atoms with van der Waals surface area (Å²) in [5.41, 5.74) is 0.660. The quantitative estimate of drug-likeness (QED) is 0.574. The molecule has 0 heterocycles. The van der Waals surface area contributed by atoms with Gasteiger partial charge in [-0.05, 0) is 31.2 Å². The third-order valence-corrected chi connectivity index (χ3v) is 3.68. The van der Waals surface area contributed by atoms with Crippen LogP contribution in [0.1, 0.15) is 18.5 Å². The molecule has 0 saturated heterocycles. The lowest BCUT2D eigenvalue weighted by atomic mass is 10.1. The molecule has 0 aliphatic rings. The van der Waals surface area contributed by atoms with Crippen LogP contribution in [-0.2, 0) is 4.79 Å². The van der Waals surface area contributed by atoms with Gasteiger partial charge < -0.3 is 19.5 Å². The fourth-order valence-electron chi connectivity index (χ4n) is 2.37. The normalized spacial score (nSPS) is 11.3. The molecule has 1 unspecified atom stereocenters. The molecule has 8 heteroatoms. The number of hydrogen-bond donors (Lipinski definition) is 1. The number of rotatable bonds is 8. The first-order valence-corrected chi connectivity index (χ1v) is 7.83. The molecule has 1 N–H and O–H groups in total. The molecular formula is C18H20N2O6. The third-order valence-electron chi connectivity index (χ3n) is 3.68. The molecule has 0 radical (unpaired) electrons. The first-order valence-electron chi connectivity index (χ1n) is 7.83. The summed E-state index contributed by atoms with van der Waals surface area (Å²) in [4.78, 5) is 22.4. The zero-order chi connectivity index (χ0) is 19.1. The molecule has 0 fully saturated rings. The average Bonchev–Trinajstić information content (AvgIpc) is 2.65. The van der Waals surface area contributed by atoms with E-state index in [1.807, 2.05) is 6.92 Å². The Labute approximate surface area is 150 Å². The van der Waals surface area contributed by atoms with Gasteiger partial charge in [-0.3, -0.25) is 14.9 Å². The van der Waals surface area contributed by atoms with Gasteiger partial charge in [-0.15, -0.1) is 0 Å². The minimum atomic E-state index is -0.524. The van der Waals surface area contributed by atoms with Crippen molar-refractivity contribution in [2.45, 2.75) is 13.0 Å². The fourth-order valence-corrected chi connectivity index (χ4v) is 2.37. The maximum atomic E-state index is 12.1. The van der Waals surface area contributed by atoms with Gasteiger partial charge in [0, 0.05) is 11.6 Å². The number of nitrogens with zero attached hydrogens (tertiary/aromatic N) is 1. The topological polar surface area (TPSA) is 99.9 Å². The van der Waals surface area contributed by atoms with E-state index in [0.29, 0.717) is 11.5 Å². The van der Waals surface area contributed by atoms with E-state index in [4.69, 9.17) is 14.2 Å². The Bertz CT molecular complexity index is 793. The van der Waals surface area contributed by atoms with E-state index in [1.54, 1.807) is 38.5 Å². The van der Waals surface area contributed by atoms with Crippen LogP contribution >= 0.6 is 0 Å². The SMILES string of the molecule is COc1ccc(OC)c(C(C)NC(=O)COc2cccc([N+](=O)[O-])c2)c1. The second-order valence-electron chi connectivity index (χ2n) is 5.44. The zero-order valence-electron chi connectivity index (χ0n) is 14.7. The Morgan fingerprint density at radius 2 is 1.92 bits per heavy atom. The van der Waals surface area contributed by atoms with Crippen molar-refractivity contribution < 1.29 is 23.9 Å². The van der Waals surface area contributed by atoms with Crippen LogP contribution in [0.15, 0.2) is 42.5 Å². The van der Waals surface area contributed by atoms with Crippen molar-refractivity contribution >= 4 is 11.6 Å². The number of nitro groups is 1. The number of non-ortho nitro benzene ring substituents is 1. The van der Waals surface area contributed by atoms with Crippen molar-refractivity contribution in [1.29, 1.82) is 0 Å². The highest BCUT2D eigenvalue weighted by molar-refractivity contribution is 5.78. The van der Waals surface area contributed by atoms with Gasteiger partial charge in [0.25, 0.3) is 11.6 Å². The predicted octanol–water partition coefficient (Wildman–Crippen LogP) is 2.87. The van der Waals surface area contributed by atoms with Gasteiger partial charge in [0.2, 0.25) is 0 Å². The zero-order valence-corrected chi connectivity index (χ0v) is 14.7. The van der Waals surface area contributed by atoms with E-state index in [1.165, 1.54) is 18.2 Å². The minimum absolute atomic E-state index is 0.0996. The number of amides is 1. The Morgan fingerprint density at radius 1 is 1.15 bits per heavy atom. The molecule has 138 valence electrons. The second kappa shape index (κ2) is 8.70. The molecular weight excluding hydrogens is 340 g/mol. The highest BCUT2D eigenvalue weighted by Gasteiger charge is 2.16. The van der Waals surface area contributed by atoms with Crippen molar-refractivity contribution in [3.8, 4) is 17.2 Å². The number of hydrogen-bond acceptors (Lipinski definition) is 6. The van der Waals surface area contributed by atoms with E-state index < -0.39 is 4.92 Å². The van der Waals surface area contributed by atoms with Crippen LogP contribution < -0.4 is 19.5 Å². The van der Waals surface area contributed by atoms with Crippen molar-refractivity contribution in [2.75, 3.05) is 20.8 Å². The van der Waals surface area contributed by atoms with Crippen LogP contribution in [0.4, 0.5) is 5.69 Å². The number of nitrogens with one attached hydrogen (secondary N) is 1. The molecule has 2 rings (SSSR count). The predicted molar refractivity (Wildman–Crippen MR) is 94.7 cm³/mol. The van der Waals surface area contributed by atoms with Gasteiger partial charge in [-0.1, -0.05) is 6.07 Å². The van der Waals surface area contributed by atoms with Crippen LogP contribution in [0.2, 0.25) is 0 Å². The Morgan fingerprint density at radius 3 is 2.58 bits per heavy atom. The van der Waals surface area contributed by atoms with Crippen LogP contribution in [0, 0.1) is 10.1 Å². The molecule has 0 aromatic heterocycles. The molecule has 2 aromatic carbocycles. The van der Waals surface area contributed by atoms with Crippen molar-refractivity contribution in [1.82, 2.24) is 5.32 Å². The summed E-state index contributed by atoms with van der Waals surface area (Å²) < 4.78 is 15.8. The maximum Gasteiger partial charge on any atom is 0.273 e. The molecule has 1 atom stereocenters. The number of methoxy groups -OCH3 is 2. The van der Waals surface area contributed by atoms with Crippen LogP contribution in [0.25, 0.3) is 0 Å². The molecule has 0 aliphatic carbocycles. The highest BCUT2D eigenvalue weighted by atomic mass is 16.6. The molecule has 0 saturated carbocycles. The molecule has 2 aromatic rings. The van der Waals surface area contributed by atoms with Gasteiger partial charge >= 0.3 is 0 Å². The fraction of sp³-hybridized carbons (Fsp3) is 0.278. The Hall–Kier alpha value is -3.29. The minimum Gasteiger partial charge on any atom is -0.497 e. The number of ether oxygens (including phenoxy) is 3. The Kier molecular flexibility index (Phi) is 6.37. The first kappa shape index (κ1) is 19.0. The number of carbonyl (C=O) groups is 1. The van der Waals surface area contributed by atoms with E-state index in [9.17, 15) is 14.9 Å². The standard InChI is InChI=1S/C18H20N2O6/c1-12(16-10-14(24-2)7-8-17(16)25-3)19-18(21)11-26-15-6-4-5-13(9-15)20(22)23/h4-10,12H,11H2,1-3H3,(H,19,21). The summed E-state index contributed by atoms with van der Waals surface area (Å²) in [6.07, 6.45) is 0. The van der Waals surface area contributed by atoms with Gasteiger partial charge in [-0.2, -0.15) is 0 Å². The molecule has 1 amide bonds. The lowest BCUT2D eigenvalue weighted by Gasteiger charge is -2.18. The number of carbonyl (C=O) groups excluding carboxylic acids is 1. The monoisotopic (exact) mass is 360 g/mol. The van der Waals surface area contributed by atoms with Crippen LogP contribution in [0.3, 0.4) is 0 Å². The number of nitro benzene ring substituents is 1. The average molecular weight is 360 g/mol. The highest BCUT2D eigenvalue weighted by Crippen LogP contribution is 2.29. The Balaban J connectivity index is 1.99. The second-order valence-corrected chi connectivity index (χ2v) is 5.44. The maximum absolute atomic E-state index is 12.1. The first-order chi connectivity index (χ1) is 12.4.